The number of benzene rings is 2. The van der Waals surface area contributed by atoms with Gasteiger partial charge in [0, 0.05) is 18.3 Å². The molecule has 2 aromatic carbocycles. The van der Waals surface area contributed by atoms with Crippen molar-refractivity contribution >= 4 is 46.4 Å². The number of esters is 2. The Morgan fingerprint density at radius 1 is 0.967 bits per heavy atom. The summed E-state index contributed by atoms with van der Waals surface area (Å²) < 4.78 is 9.34. The fourth-order valence-electron chi connectivity index (χ4n) is 2.38. The van der Waals surface area contributed by atoms with Crippen molar-refractivity contribution in [2.75, 3.05) is 30.7 Å². The second-order valence-electron chi connectivity index (χ2n) is 5.95. The Morgan fingerprint density at radius 3 is 2.27 bits per heavy atom. The number of ether oxygens (including phenoxy) is 2. The lowest BCUT2D eigenvalue weighted by atomic mass is 10.1. The molecule has 10 heteroatoms. The van der Waals surface area contributed by atoms with E-state index in [1.807, 2.05) is 0 Å². The summed E-state index contributed by atoms with van der Waals surface area (Å²) in [5, 5.41) is 6.34. The SMILES string of the molecule is COC(=O)c1ccc(C(=O)OC)c(N/N=C(/C(C)=O)C(=O)Nc2cccc(N)c2)c1. The molecule has 4 N–H and O–H groups in total. The molecule has 0 spiro atoms. The van der Waals surface area contributed by atoms with Crippen LogP contribution in [-0.4, -0.2) is 43.6 Å². The van der Waals surface area contributed by atoms with Gasteiger partial charge in [0.15, 0.2) is 11.5 Å². The van der Waals surface area contributed by atoms with Crippen LogP contribution in [0.1, 0.15) is 27.6 Å². The van der Waals surface area contributed by atoms with Gasteiger partial charge < -0.3 is 20.5 Å². The molecule has 0 atom stereocenters. The Bertz CT molecular complexity index is 1030. The number of carbonyl (C=O) groups excluding carboxylic acids is 4. The molecule has 0 fully saturated rings. The van der Waals surface area contributed by atoms with Crippen molar-refractivity contribution in [1.82, 2.24) is 0 Å². The second-order valence-corrected chi connectivity index (χ2v) is 5.95. The van der Waals surface area contributed by atoms with Crippen LogP contribution in [0, 0.1) is 0 Å². The van der Waals surface area contributed by atoms with Crippen LogP contribution in [0.4, 0.5) is 17.1 Å². The van der Waals surface area contributed by atoms with E-state index >= 15 is 0 Å². The lowest BCUT2D eigenvalue weighted by Crippen LogP contribution is -2.29. The molecule has 10 nitrogen and oxygen atoms in total. The lowest BCUT2D eigenvalue weighted by molar-refractivity contribution is -0.114. The van der Waals surface area contributed by atoms with Crippen molar-refractivity contribution in [2.45, 2.75) is 6.92 Å². The highest BCUT2D eigenvalue weighted by molar-refractivity contribution is 6.67. The van der Waals surface area contributed by atoms with Crippen LogP contribution < -0.4 is 16.5 Å². The molecule has 0 aromatic heterocycles. The molecule has 0 unspecified atom stereocenters. The van der Waals surface area contributed by atoms with Crippen LogP contribution >= 0.6 is 0 Å². The van der Waals surface area contributed by atoms with Crippen molar-refractivity contribution < 1.29 is 28.7 Å². The fraction of sp³-hybridized carbons (Fsp3) is 0.150. The van der Waals surface area contributed by atoms with Gasteiger partial charge in [0.1, 0.15) is 0 Å². The zero-order valence-electron chi connectivity index (χ0n) is 16.5. The van der Waals surface area contributed by atoms with Crippen molar-refractivity contribution in [3.05, 3.63) is 53.6 Å². The van der Waals surface area contributed by atoms with Gasteiger partial charge in [-0.25, -0.2) is 9.59 Å². The summed E-state index contributed by atoms with van der Waals surface area (Å²) in [6, 6.07) is 10.4. The van der Waals surface area contributed by atoms with Gasteiger partial charge in [0.2, 0.25) is 0 Å². The van der Waals surface area contributed by atoms with Crippen molar-refractivity contribution in [3.63, 3.8) is 0 Å². The van der Waals surface area contributed by atoms with E-state index in [1.165, 1.54) is 38.5 Å². The number of hydrogen-bond donors (Lipinski definition) is 3. The van der Waals surface area contributed by atoms with Gasteiger partial charge in [-0.1, -0.05) is 6.07 Å². The molecule has 0 aliphatic carbocycles. The molecule has 0 heterocycles. The summed E-state index contributed by atoms with van der Waals surface area (Å²) in [4.78, 5) is 48.2. The second kappa shape index (κ2) is 9.82. The van der Waals surface area contributed by atoms with Gasteiger partial charge in [-0.3, -0.25) is 15.0 Å². The lowest BCUT2D eigenvalue weighted by Gasteiger charge is -2.11. The molecule has 156 valence electrons. The largest absolute Gasteiger partial charge is 0.465 e. The smallest absolute Gasteiger partial charge is 0.340 e. The first-order chi connectivity index (χ1) is 14.3. The highest BCUT2D eigenvalue weighted by atomic mass is 16.5. The zero-order chi connectivity index (χ0) is 22.3. The first-order valence-electron chi connectivity index (χ1n) is 8.59. The topological polar surface area (TPSA) is 149 Å². The Hall–Kier alpha value is -4.21. The van der Waals surface area contributed by atoms with Crippen LogP contribution in [0.15, 0.2) is 47.6 Å². The number of hydrazone groups is 1. The normalized spacial score (nSPS) is 10.7. The Kier molecular flexibility index (Phi) is 7.23. The third-order valence-corrected chi connectivity index (χ3v) is 3.83. The number of nitrogens with zero attached hydrogens (tertiary/aromatic N) is 1. The van der Waals surface area contributed by atoms with Gasteiger partial charge in [-0.05, 0) is 36.4 Å². The van der Waals surface area contributed by atoms with Crippen LogP contribution in [0.25, 0.3) is 0 Å². The summed E-state index contributed by atoms with van der Waals surface area (Å²) in [5.74, 6) is -2.78. The summed E-state index contributed by atoms with van der Waals surface area (Å²) >= 11 is 0. The van der Waals surface area contributed by atoms with Crippen molar-refractivity contribution in [3.8, 4) is 0 Å². The third-order valence-electron chi connectivity index (χ3n) is 3.83. The molecule has 30 heavy (non-hydrogen) atoms. The van der Waals surface area contributed by atoms with Gasteiger partial charge in [0.25, 0.3) is 5.91 Å². The molecule has 0 aliphatic heterocycles. The minimum Gasteiger partial charge on any atom is -0.465 e. The number of nitrogen functional groups attached to an aromatic ring is 1. The van der Waals surface area contributed by atoms with Gasteiger partial charge in [0.05, 0.1) is 31.0 Å². The van der Waals surface area contributed by atoms with Crippen LogP contribution in [0.5, 0.6) is 0 Å². The highest BCUT2D eigenvalue weighted by Gasteiger charge is 2.19. The third kappa shape index (κ3) is 5.41. The number of ketones is 1. The van der Waals surface area contributed by atoms with Crippen molar-refractivity contribution in [1.29, 1.82) is 0 Å². The van der Waals surface area contributed by atoms with E-state index in [4.69, 9.17) is 10.5 Å². The maximum absolute atomic E-state index is 12.5. The molecule has 1 amide bonds. The quantitative estimate of drug-likeness (QED) is 0.205. The molecule has 0 radical (unpaired) electrons. The van der Waals surface area contributed by atoms with Crippen LogP contribution in [0.2, 0.25) is 0 Å². The molecule has 0 saturated heterocycles. The Morgan fingerprint density at radius 2 is 1.67 bits per heavy atom. The number of methoxy groups -OCH3 is 2. The standard InChI is InChI=1S/C20H20N4O6/c1-11(25)17(18(26)22-14-6-4-5-13(21)10-14)24-23-16-9-12(19(27)29-2)7-8-15(16)20(28)30-3/h4-10,23H,21H2,1-3H3,(H,22,26)/b24-17-. The molecular formula is C20H20N4O6. The van der Waals surface area contributed by atoms with E-state index in [0.29, 0.717) is 11.4 Å². The number of nitrogens with two attached hydrogens (primary N) is 1. The van der Waals surface area contributed by atoms with E-state index in [-0.39, 0.29) is 16.8 Å². The number of hydrogen-bond acceptors (Lipinski definition) is 9. The van der Waals surface area contributed by atoms with E-state index in [0.717, 1.165) is 6.92 Å². The maximum Gasteiger partial charge on any atom is 0.340 e. The predicted octanol–water partition coefficient (Wildman–Crippen LogP) is 1.84. The average Bonchev–Trinajstić information content (AvgIpc) is 2.72. The highest BCUT2D eigenvalue weighted by Crippen LogP contribution is 2.20. The van der Waals surface area contributed by atoms with Crippen LogP contribution in [0.3, 0.4) is 0 Å². The van der Waals surface area contributed by atoms with Gasteiger partial charge in [-0.15, -0.1) is 0 Å². The first kappa shape index (κ1) is 22.1. The summed E-state index contributed by atoms with van der Waals surface area (Å²) in [6.07, 6.45) is 0. The van der Waals surface area contributed by atoms with E-state index in [2.05, 4.69) is 20.6 Å². The van der Waals surface area contributed by atoms with E-state index in [9.17, 15) is 19.2 Å². The minimum atomic E-state index is -0.788. The molecule has 0 aliphatic rings. The van der Waals surface area contributed by atoms with E-state index < -0.39 is 29.3 Å². The summed E-state index contributed by atoms with van der Waals surface area (Å²) in [7, 11) is 2.39. The number of nitrogens with one attached hydrogen (secondary N) is 2. The molecule has 0 bridgehead atoms. The zero-order valence-corrected chi connectivity index (χ0v) is 16.5. The fourth-order valence-corrected chi connectivity index (χ4v) is 2.38. The number of carbonyl (C=O) groups is 4. The predicted molar refractivity (Wildman–Crippen MR) is 110 cm³/mol. The summed E-state index contributed by atoms with van der Waals surface area (Å²) in [5.41, 5.74) is 8.69. The van der Waals surface area contributed by atoms with Crippen LogP contribution in [-0.2, 0) is 19.1 Å². The first-order valence-corrected chi connectivity index (χ1v) is 8.59. The van der Waals surface area contributed by atoms with Crippen molar-refractivity contribution in [2.24, 2.45) is 5.10 Å². The number of anilines is 3. The number of amides is 1. The maximum atomic E-state index is 12.5. The summed E-state index contributed by atoms with van der Waals surface area (Å²) in [6.45, 7) is 1.16. The molecule has 2 rings (SSSR count). The van der Waals surface area contributed by atoms with E-state index in [1.54, 1.807) is 18.2 Å². The Balaban J connectivity index is 2.36. The van der Waals surface area contributed by atoms with Gasteiger partial charge >= 0.3 is 11.9 Å². The minimum absolute atomic E-state index is 0.0352. The monoisotopic (exact) mass is 412 g/mol. The molecular weight excluding hydrogens is 392 g/mol. The number of rotatable bonds is 7. The average molecular weight is 412 g/mol. The molecule has 2 aromatic rings. The van der Waals surface area contributed by atoms with Gasteiger partial charge in [-0.2, -0.15) is 5.10 Å². The Labute approximate surface area is 172 Å². The number of Topliss-reactive ketones (excluding diaryl/α,β-unsaturated/α-hetero) is 1. The molecule has 0 saturated carbocycles.